The van der Waals surface area contributed by atoms with E-state index in [1.165, 1.54) is 22.5 Å². The zero-order chi connectivity index (χ0) is 18.6. The number of nitrogens with zero attached hydrogens (tertiary/aromatic N) is 2. The lowest BCUT2D eigenvalue weighted by atomic mass is 10.3. The normalized spacial score (nSPS) is 16.5. The Morgan fingerprint density at radius 2 is 1.92 bits per heavy atom. The van der Waals surface area contributed by atoms with Crippen LogP contribution in [0.4, 0.5) is 4.39 Å². The fraction of sp³-hybridized carbons (Fsp3) is 0.353. The Kier molecular flexibility index (Phi) is 6.02. The Hall–Kier alpha value is -1.81. The van der Waals surface area contributed by atoms with E-state index in [-0.39, 0.29) is 30.4 Å². The van der Waals surface area contributed by atoms with Gasteiger partial charge >= 0.3 is 0 Å². The topological polar surface area (TPSA) is 69.7 Å². The first-order valence-corrected chi connectivity index (χ1v) is 10.5. The molecule has 0 aliphatic carbocycles. The molecule has 3 rings (SSSR count). The zero-order valence-electron chi connectivity index (χ0n) is 14.1. The molecule has 140 valence electrons. The van der Waals surface area contributed by atoms with E-state index >= 15 is 0 Å². The number of halogens is 1. The van der Waals surface area contributed by atoms with Crippen LogP contribution in [0.3, 0.4) is 0 Å². The lowest BCUT2D eigenvalue weighted by Gasteiger charge is -2.33. The Labute approximate surface area is 156 Å². The molecule has 0 unspecified atom stereocenters. The molecule has 0 spiro atoms. The van der Waals surface area contributed by atoms with Crippen LogP contribution in [0, 0.1) is 5.82 Å². The molecule has 2 heterocycles. The lowest BCUT2D eigenvalue weighted by molar-refractivity contribution is -0.122. The molecule has 0 saturated carbocycles. The van der Waals surface area contributed by atoms with Gasteiger partial charge in [-0.3, -0.25) is 9.69 Å². The van der Waals surface area contributed by atoms with Gasteiger partial charge in [-0.2, -0.15) is 4.31 Å². The van der Waals surface area contributed by atoms with Gasteiger partial charge in [-0.05, 0) is 29.6 Å². The van der Waals surface area contributed by atoms with E-state index < -0.39 is 15.8 Å². The summed E-state index contributed by atoms with van der Waals surface area (Å²) in [6.07, 6.45) is 0. The van der Waals surface area contributed by atoms with Gasteiger partial charge in [-0.15, -0.1) is 11.3 Å². The van der Waals surface area contributed by atoms with Crippen molar-refractivity contribution in [1.82, 2.24) is 14.5 Å². The number of nitrogens with one attached hydrogen (secondary N) is 1. The maximum absolute atomic E-state index is 13.3. The largest absolute Gasteiger partial charge is 0.350 e. The van der Waals surface area contributed by atoms with Crippen molar-refractivity contribution >= 4 is 27.3 Å². The predicted molar refractivity (Wildman–Crippen MR) is 97.8 cm³/mol. The van der Waals surface area contributed by atoms with E-state index in [1.807, 2.05) is 22.4 Å². The Morgan fingerprint density at radius 1 is 1.15 bits per heavy atom. The van der Waals surface area contributed by atoms with Crippen LogP contribution in [0.15, 0.2) is 46.7 Å². The first-order valence-electron chi connectivity index (χ1n) is 8.22. The van der Waals surface area contributed by atoms with E-state index in [0.29, 0.717) is 19.6 Å². The molecule has 1 aliphatic heterocycles. The number of hydrogen-bond donors (Lipinski definition) is 1. The molecule has 1 N–H and O–H groups in total. The van der Waals surface area contributed by atoms with Crippen molar-refractivity contribution in [3.05, 3.63) is 52.5 Å². The summed E-state index contributed by atoms with van der Waals surface area (Å²) < 4.78 is 39.8. The standard InChI is InChI=1S/C17H20FN3O3S2/c18-14-3-1-5-16(11-14)26(23,24)21-8-6-20(7-9-21)13-17(22)19-12-15-4-2-10-25-15/h1-5,10-11H,6-9,12-13H2,(H,19,22). The SMILES string of the molecule is O=C(CN1CCN(S(=O)(=O)c2cccc(F)c2)CC1)NCc1cccs1. The van der Waals surface area contributed by atoms with Crippen LogP contribution in [-0.4, -0.2) is 56.3 Å². The van der Waals surface area contributed by atoms with E-state index in [0.717, 1.165) is 10.9 Å². The third-order valence-electron chi connectivity index (χ3n) is 4.17. The smallest absolute Gasteiger partial charge is 0.243 e. The highest BCUT2D eigenvalue weighted by molar-refractivity contribution is 7.89. The number of carbonyl (C=O) groups excluding carboxylic acids is 1. The summed E-state index contributed by atoms with van der Waals surface area (Å²) in [5, 5.41) is 4.82. The number of sulfonamides is 1. The van der Waals surface area contributed by atoms with E-state index in [4.69, 9.17) is 0 Å². The average Bonchev–Trinajstić information content (AvgIpc) is 3.14. The molecule has 26 heavy (non-hydrogen) atoms. The van der Waals surface area contributed by atoms with E-state index in [1.54, 1.807) is 11.3 Å². The molecule has 2 aromatic rings. The molecule has 1 aromatic heterocycles. The zero-order valence-corrected chi connectivity index (χ0v) is 15.7. The number of rotatable bonds is 6. The molecule has 9 heteroatoms. The number of thiophene rings is 1. The van der Waals surface area contributed by atoms with Gasteiger partial charge in [0.05, 0.1) is 18.0 Å². The highest BCUT2D eigenvalue weighted by atomic mass is 32.2. The van der Waals surface area contributed by atoms with Crippen molar-refractivity contribution in [3.8, 4) is 0 Å². The summed E-state index contributed by atoms with van der Waals surface area (Å²) in [6, 6.07) is 8.91. The van der Waals surface area contributed by atoms with Crippen LogP contribution >= 0.6 is 11.3 Å². The monoisotopic (exact) mass is 397 g/mol. The number of benzene rings is 1. The molecule has 0 bridgehead atoms. The highest BCUT2D eigenvalue weighted by Gasteiger charge is 2.29. The summed E-state index contributed by atoms with van der Waals surface area (Å²) in [5.74, 6) is -0.660. The first-order chi connectivity index (χ1) is 12.4. The van der Waals surface area contributed by atoms with Crippen LogP contribution in [0.1, 0.15) is 4.88 Å². The summed E-state index contributed by atoms with van der Waals surface area (Å²) in [6.45, 7) is 2.21. The fourth-order valence-electron chi connectivity index (χ4n) is 2.76. The van der Waals surface area contributed by atoms with Crippen LogP contribution in [-0.2, 0) is 21.4 Å². The second-order valence-electron chi connectivity index (χ2n) is 5.99. The van der Waals surface area contributed by atoms with Crippen molar-refractivity contribution in [3.63, 3.8) is 0 Å². The van der Waals surface area contributed by atoms with E-state index in [2.05, 4.69) is 5.32 Å². The molecule has 6 nitrogen and oxygen atoms in total. The van der Waals surface area contributed by atoms with Crippen molar-refractivity contribution in [2.75, 3.05) is 32.7 Å². The number of hydrogen-bond acceptors (Lipinski definition) is 5. The highest BCUT2D eigenvalue weighted by Crippen LogP contribution is 2.18. The van der Waals surface area contributed by atoms with Gasteiger partial charge in [0, 0.05) is 31.1 Å². The maximum atomic E-state index is 13.3. The molecule has 1 aliphatic rings. The maximum Gasteiger partial charge on any atom is 0.243 e. The van der Waals surface area contributed by atoms with Gasteiger partial charge < -0.3 is 5.32 Å². The number of piperazine rings is 1. The van der Waals surface area contributed by atoms with Gasteiger partial charge in [-0.25, -0.2) is 12.8 Å². The lowest BCUT2D eigenvalue weighted by Crippen LogP contribution is -2.50. The second-order valence-corrected chi connectivity index (χ2v) is 8.96. The molecule has 0 atom stereocenters. The Bertz CT molecular complexity index is 848. The summed E-state index contributed by atoms with van der Waals surface area (Å²) in [5.41, 5.74) is 0. The molecule has 1 aromatic carbocycles. The summed E-state index contributed by atoms with van der Waals surface area (Å²) >= 11 is 1.58. The summed E-state index contributed by atoms with van der Waals surface area (Å²) in [7, 11) is -3.71. The van der Waals surface area contributed by atoms with E-state index in [9.17, 15) is 17.6 Å². The Morgan fingerprint density at radius 3 is 2.58 bits per heavy atom. The summed E-state index contributed by atoms with van der Waals surface area (Å²) in [4.78, 5) is 15.0. The van der Waals surface area contributed by atoms with Crippen molar-refractivity contribution in [2.24, 2.45) is 0 Å². The van der Waals surface area contributed by atoms with Crippen molar-refractivity contribution < 1.29 is 17.6 Å². The molecule has 0 radical (unpaired) electrons. The van der Waals surface area contributed by atoms with Crippen LogP contribution in [0.25, 0.3) is 0 Å². The molecular weight excluding hydrogens is 377 g/mol. The number of carbonyl (C=O) groups is 1. The quantitative estimate of drug-likeness (QED) is 0.802. The third-order valence-corrected chi connectivity index (χ3v) is 6.94. The van der Waals surface area contributed by atoms with Crippen molar-refractivity contribution in [2.45, 2.75) is 11.4 Å². The third kappa shape index (κ3) is 4.67. The Balaban J connectivity index is 1.50. The van der Waals surface area contributed by atoms with Crippen molar-refractivity contribution in [1.29, 1.82) is 0 Å². The fourth-order valence-corrected chi connectivity index (χ4v) is 4.86. The molecular formula is C17H20FN3O3S2. The van der Waals surface area contributed by atoms with Crippen LogP contribution in [0.5, 0.6) is 0 Å². The van der Waals surface area contributed by atoms with Gasteiger partial charge in [0.15, 0.2) is 0 Å². The van der Waals surface area contributed by atoms with Crippen LogP contribution < -0.4 is 5.32 Å². The minimum absolute atomic E-state index is 0.0420. The van der Waals surface area contributed by atoms with Gasteiger partial charge in [0.1, 0.15) is 5.82 Å². The second kappa shape index (κ2) is 8.26. The molecule has 1 amide bonds. The minimum atomic E-state index is -3.71. The minimum Gasteiger partial charge on any atom is -0.350 e. The van der Waals surface area contributed by atoms with Crippen LogP contribution in [0.2, 0.25) is 0 Å². The first kappa shape index (κ1) is 19.0. The van der Waals surface area contributed by atoms with Gasteiger partial charge in [-0.1, -0.05) is 12.1 Å². The number of amides is 1. The van der Waals surface area contributed by atoms with Gasteiger partial charge in [0.25, 0.3) is 0 Å². The predicted octanol–water partition coefficient (Wildman–Crippen LogP) is 1.51. The average molecular weight is 397 g/mol. The van der Waals surface area contributed by atoms with Gasteiger partial charge in [0.2, 0.25) is 15.9 Å². The molecule has 1 saturated heterocycles. The molecule has 1 fully saturated rings.